The van der Waals surface area contributed by atoms with Crippen molar-refractivity contribution < 1.29 is 4.79 Å². The van der Waals surface area contributed by atoms with Gasteiger partial charge in [-0.15, -0.1) is 0 Å². The van der Waals surface area contributed by atoms with Gasteiger partial charge in [0.1, 0.15) is 0 Å². The summed E-state index contributed by atoms with van der Waals surface area (Å²) in [6.45, 7) is 1.59. The molecule has 4 rings (SSSR count). The summed E-state index contributed by atoms with van der Waals surface area (Å²) in [4.78, 5) is 14.8. The predicted octanol–water partition coefficient (Wildman–Crippen LogP) is 1.40. The number of likely N-dealkylation sites (tertiary alicyclic amines) is 1. The fraction of sp³-hybridized carbons (Fsp3) is 0.533. The molecule has 2 aliphatic rings. The molecular formula is C15H19N5O. The van der Waals surface area contributed by atoms with Crippen LogP contribution in [0.3, 0.4) is 0 Å². The Morgan fingerprint density at radius 3 is 3.19 bits per heavy atom. The van der Waals surface area contributed by atoms with E-state index in [1.807, 2.05) is 21.8 Å². The highest BCUT2D eigenvalue weighted by Gasteiger charge is 2.33. The van der Waals surface area contributed by atoms with Crippen LogP contribution in [0.15, 0.2) is 18.5 Å². The van der Waals surface area contributed by atoms with Gasteiger partial charge < -0.3 is 4.90 Å². The highest BCUT2D eigenvalue weighted by Crippen LogP contribution is 2.27. The molecule has 6 heteroatoms. The Morgan fingerprint density at radius 1 is 1.38 bits per heavy atom. The molecule has 0 saturated carbocycles. The molecule has 3 heterocycles. The molecule has 1 atom stereocenters. The minimum atomic E-state index is 0.0871. The summed E-state index contributed by atoms with van der Waals surface area (Å²) in [6.07, 6.45) is 8.95. The summed E-state index contributed by atoms with van der Waals surface area (Å²) in [7, 11) is 0. The topological polar surface area (TPSA) is 66.8 Å². The van der Waals surface area contributed by atoms with Crippen LogP contribution in [-0.4, -0.2) is 43.4 Å². The van der Waals surface area contributed by atoms with E-state index >= 15 is 0 Å². The van der Waals surface area contributed by atoms with Crippen LogP contribution in [0.25, 0.3) is 0 Å². The lowest BCUT2D eigenvalue weighted by Gasteiger charge is -2.24. The zero-order chi connectivity index (χ0) is 14.2. The fourth-order valence-corrected chi connectivity index (χ4v) is 3.55. The average Bonchev–Trinajstić information content (AvgIpc) is 3.24. The van der Waals surface area contributed by atoms with Gasteiger partial charge in [-0.2, -0.15) is 10.2 Å². The van der Waals surface area contributed by atoms with E-state index in [0.717, 1.165) is 56.5 Å². The molecule has 1 fully saturated rings. The highest BCUT2D eigenvalue weighted by atomic mass is 16.2. The maximum absolute atomic E-state index is 12.8. The molecule has 1 amide bonds. The Hall–Kier alpha value is -2.11. The average molecular weight is 285 g/mol. The van der Waals surface area contributed by atoms with Gasteiger partial charge in [-0.3, -0.25) is 14.6 Å². The van der Waals surface area contributed by atoms with E-state index < -0.39 is 0 Å². The number of amides is 1. The van der Waals surface area contributed by atoms with E-state index in [9.17, 15) is 4.79 Å². The van der Waals surface area contributed by atoms with Gasteiger partial charge in [0, 0.05) is 30.2 Å². The second-order valence-corrected chi connectivity index (χ2v) is 5.91. The Bertz CT molecular complexity index is 645. The van der Waals surface area contributed by atoms with Gasteiger partial charge >= 0.3 is 0 Å². The van der Waals surface area contributed by atoms with Crippen molar-refractivity contribution in [3.63, 3.8) is 0 Å². The Morgan fingerprint density at radius 2 is 2.33 bits per heavy atom. The van der Waals surface area contributed by atoms with Gasteiger partial charge in [0.15, 0.2) is 5.69 Å². The standard InChI is InChI=1S/C15H19N5O/c21-15(14-12-5-1-6-13(12)17-18-14)20-9-2-4-11(20)10-19-8-3-7-16-19/h3,7-8,11H,1-2,4-6,9-10H2,(H,17,18). The number of aryl methyl sites for hydroxylation is 1. The summed E-state index contributed by atoms with van der Waals surface area (Å²) in [6, 6.07) is 2.15. The molecule has 2 aromatic rings. The number of nitrogens with one attached hydrogen (secondary N) is 1. The number of carbonyl (C=O) groups is 1. The molecule has 1 unspecified atom stereocenters. The SMILES string of the molecule is O=C(c1n[nH]c2c1CCC2)N1CCCC1Cn1cccn1. The highest BCUT2D eigenvalue weighted by molar-refractivity contribution is 5.94. The van der Waals surface area contributed by atoms with Gasteiger partial charge in [0.25, 0.3) is 5.91 Å². The monoisotopic (exact) mass is 285 g/mol. The van der Waals surface area contributed by atoms with Crippen molar-refractivity contribution in [3.05, 3.63) is 35.4 Å². The van der Waals surface area contributed by atoms with E-state index in [2.05, 4.69) is 15.3 Å². The lowest BCUT2D eigenvalue weighted by atomic mass is 10.1. The first kappa shape index (κ1) is 12.6. The number of aromatic nitrogens is 4. The van der Waals surface area contributed by atoms with E-state index in [0.29, 0.717) is 5.69 Å². The zero-order valence-corrected chi connectivity index (χ0v) is 12.0. The number of carbonyl (C=O) groups excluding carboxylic acids is 1. The molecule has 0 radical (unpaired) electrons. The molecule has 1 aliphatic carbocycles. The van der Waals surface area contributed by atoms with Crippen LogP contribution in [-0.2, 0) is 19.4 Å². The van der Waals surface area contributed by atoms with Gasteiger partial charge in [0.2, 0.25) is 0 Å². The predicted molar refractivity (Wildman–Crippen MR) is 76.9 cm³/mol. The number of nitrogens with zero attached hydrogens (tertiary/aromatic N) is 4. The summed E-state index contributed by atoms with van der Waals surface area (Å²) in [5.41, 5.74) is 2.95. The van der Waals surface area contributed by atoms with Gasteiger partial charge in [-0.05, 0) is 38.2 Å². The van der Waals surface area contributed by atoms with Gasteiger partial charge in [-0.25, -0.2) is 0 Å². The number of hydrogen-bond acceptors (Lipinski definition) is 3. The zero-order valence-electron chi connectivity index (χ0n) is 12.0. The minimum Gasteiger partial charge on any atom is -0.332 e. The lowest BCUT2D eigenvalue weighted by molar-refractivity contribution is 0.0714. The van der Waals surface area contributed by atoms with Crippen molar-refractivity contribution in [3.8, 4) is 0 Å². The molecule has 1 saturated heterocycles. The summed E-state index contributed by atoms with van der Waals surface area (Å²) >= 11 is 0. The van der Waals surface area contributed by atoms with Crippen molar-refractivity contribution in [1.29, 1.82) is 0 Å². The number of H-pyrrole nitrogens is 1. The fourth-order valence-electron chi connectivity index (χ4n) is 3.55. The van der Waals surface area contributed by atoms with Crippen LogP contribution in [0.1, 0.15) is 41.0 Å². The summed E-state index contributed by atoms with van der Waals surface area (Å²) in [5, 5.41) is 11.6. The van der Waals surface area contributed by atoms with Crippen molar-refractivity contribution in [2.45, 2.75) is 44.7 Å². The molecular weight excluding hydrogens is 266 g/mol. The van der Waals surface area contributed by atoms with Crippen LogP contribution in [0.4, 0.5) is 0 Å². The summed E-state index contributed by atoms with van der Waals surface area (Å²) in [5.74, 6) is 0.0871. The first-order chi connectivity index (χ1) is 10.3. The normalized spacial score (nSPS) is 21.0. The number of fused-ring (bicyclic) bond motifs is 1. The van der Waals surface area contributed by atoms with Crippen molar-refractivity contribution in [2.24, 2.45) is 0 Å². The first-order valence-corrected chi connectivity index (χ1v) is 7.67. The lowest BCUT2D eigenvalue weighted by Crippen LogP contribution is -2.38. The minimum absolute atomic E-state index is 0.0871. The maximum Gasteiger partial charge on any atom is 0.274 e. The quantitative estimate of drug-likeness (QED) is 0.927. The van der Waals surface area contributed by atoms with Gasteiger partial charge in [0.05, 0.1) is 12.6 Å². The third kappa shape index (κ3) is 2.14. The Labute approximate surface area is 123 Å². The second kappa shape index (κ2) is 5.02. The molecule has 2 aromatic heterocycles. The molecule has 110 valence electrons. The molecule has 21 heavy (non-hydrogen) atoms. The molecule has 0 aromatic carbocycles. The molecule has 1 aliphatic heterocycles. The van der Waals surface area contributed by atoms with Crippen molar-refractivity contribution in [1.82, 2.24) is 24.9 Å². The van der Waals surface area contributed by atoms with E-state index in [4.69, 9.17) is 0 Å². The molecule has 6 nitrogen and oxygen atoms in total. The third-order valence-electron chi connectivity index (χ3n) is 4.60. The first-order valence-electron chi connectivity index (χ1n) is 7.67. The van der Waals surface area contributed by atoms with Crippen LogP contribution in [0.2, 0.25) is 0 Å². The second-order valence-electron chi connectivity index (χ2n) is 5.91. The smallest absolute Gasteiger partial charge is 0.274 e. The van der Waals surface area contributed by atoms with Crippen LogP contribution < -0.4 is 0 Å². The van der Waals surface area contributed by atoms with E-state index in [-0.39, 0.29) is 11.9 Å². The molecule has 1 N–H and O–H groups in total. The Balaban J connectivity index is 1.55. The third-order valence-corrected chi connectivity index (χ3v) is 4.60. The number of hydrogen-bond donors (Lipinski definition) is 1. The van der Waals surface area contributed by atoms with Crippen molar-refractivity contribution >= 4 is 5.91 Å². The van der Waals surface area contributed by atoms with Gasteiger partial charge in [-0.1, -0.05) is 0 Å². The van der Waals surface area contributed by atoms with Crippen molar-refractivity contribution in [2.75, 3.05) is 6.54 Å². The number of rotatable bonds is 3. The molecule has 0 bridgehead atoms. The van der Waals surface area contributed by atoms with Crippen LogP contribution in [0, 0.1) is 0 Å². The Kier molecular flexibility index (Phi) is 3.02. The largest absolute Gasteiger partial charge is 0.332 e. The van der Waals surface area contributed by atoms with Crippen LogP contribution in [0.5, 0.6) is 0 Å². The van der Waals surface area contributed by atoms with Crippen LogP contribution >= 0.6 is 0 Å². The maximum atomic E-state index is 12.8. The van der Waals surface area contributed by atoms with E-state index in [1.165, 1.54) is 0 Å². The molecule has 0 spiro atoms. The number of aromatic amines is 1. The van der Waals surface area contributed by atoms with E-state index in [1.54, 1.807) is 6.20 Å². The summed E-state index contributed by atoms with van der Waals surface area (Å²) < 4.78 is 1.91.